The van der Waals surface area contributed by atoms with Gasteiger partial charge in [-0.3, -0.25) is 4.79 Å². The van der Waals surface area contributed by atoms with Crippen LogP contribution in [-0.2, 0) is 16.0 Å². The highest BCUT2D eigenvalue weighted by Gasteiger charge is 2.36. The molecule has 0 spiro atoms. The second kappa shape index (κ2) is 9.51. The van der Waals surface area contributed by atoms with Gasteiger partial charge in [0.05, 0.1) is 16.1 Å². The predicted molar refractivity (Wildman–Crippen MR) is 126 cm³/mol. The van der Waals surface area contributed by atoms with Gasteiger partial charge in [0, 0.05) is 23.6 Å². The molecule has 0 saturated heterocycles. The van der Waals surface area contributed by atoms with Crippen molar-refractivity contribution in [1.82, 2.24) is 9.78 Å². The monoisotopic (exact) mass is 528 g/mol. The Bertz CT molecular complexity index is 1650. The van der Waals surface area contributed by atoms with Gasteiger partial charge in [-0.25, -0.2) is 17.5 Å². The number of hydrogen-bond donors (Lipinski definition) is 1. The van der Waals surface area contributed by atoms with E-state index < -0.39 is 44.7 Å². The number of nitriles is 1. The zero-order chi connectivity index (χ0) is 27.0. The Morgan fingerprint density at radius 3 is 2.32 bits per heavy atom. The molecule has 1 heterocycles. The molecule has 0 radical (unpaired) electrons. The molecular formula is C25H16F4N4O3S. The number of aromatic nitrogens is 2. The van der Waals surface area contributed by atoms with E-state index in [4.69, 9.17) is 5.26 Å². The van der Waals surface area contributed by atoms with Crippen LogP contribution in [0.3, 0.4) is 0 Å². The van der Waals surface area contributed by atoms with E-state index in [1.54, 1.807) is 36.4 Å². The lowest BCUT2D eigenvalue weighted by Crippen LogP contribution is -2.17. The van der Waals surface area contributed by atoms with Crippen molar-refractivity contribution in [2.45, 2.75) is 11.1 Å². The Kier molecular flexibility index (Phi) is 6.58. The summed E-state index contributed by atoms with van der Waals surface area (Å²) in [4.78, 5) is 13.1. The number of nitrogens with one attached hydrogen (secondary N) is 1. The standard InChI is InChI=1S/C25H16F4N4O3S/c1-37(35,36)22-5-3-2-4-19(22)15-6-8-17(9-7-15)31-24(34)21-13-23(25(27,28)29)32-33(21)18-10-11-20(26)16(12-18)14-30/h2-13H,1H3,(H,31,34). The molecule has 1 N–H and O–H groups in total. The van der Waals surface area contributed by atoms with Gasteiger partial charge in [0.25, 0.3) is 5.91 Å². The summed E-state index contributed by atoms with van der Waals surface area (Å²) < 4.78 is 78.7. The molecule has 3 aromatic carbocycles. The molecule has 7 nitrogen and oxygen atoms in total. The number of rotatable bonds is 5. The third kappa shape index (κ3) is 5.36. The molecule has 0 aliphatic rings. The number of amides is 1. The van der Waals surface area contributed by atoms with Gasteiger partial charge in [-0.2, -0.15) is 23.5 Å². The van der Waals surface area contributed by atoms with Gasteiger partial charge >= 0.3 is 6.18 Å². The quantitative estimate of drug-likeness (QED) is 0.358. The lowest BCUT2D eigenvalue weighted by molar-refractivity contribution is -0.141. The minimum absolute atomic E-state index is 0.117. The van der Waals surface area contributed by atoms with E-state index in [0.717, 1.165) is 24.5 Å². The van der Waals surface area contributed by atoms with E-state index in [1.807, 2.05) is 0 Å². The van der Waals surface area contributed by atoms with Gasteiger partial charge < -0.3 is 5.32 Å². The maximum absolute atomic E-state index is 13.7. The summed E-state index contributed by atoms with van der Waals surface area (Å²) in [6.07, 6.45) is -3.79. The Labute approximate surface area is 208 Å². The van der Waals surface area contributed by atoms with E-state index >= 15 is 0 Å². The molecule has 0 bridgehead atoms. The lowest BCUT2D eigenvalue weighted by Gasteiger charge is -2.11. The number of carbonyl (C=O) groups is 1. The third-order valence-electron chi connectivity index (χ3n) is 5.29. The highest BCUT2D eigenvalue weighted by atomic mass is 32.2. The molecule has 0 unspecified atom stereocenters. The van der Waals surface area contributed by atoms with Gasteiger partial charge in [-0.15, -0.1) is 0 Å². The molecule has 0 aliphatic carbocycles. The Morgan fingerprint density at radius 1 is 1.03 bits per heavy atom. The van der Waals surface area contributed by atoms with Gasteiger partial charge in [-0.05, 0) is 42.0 Å². The molecule has 37 heavy (non-hydrogen) atoms. The maximum Gasteiger partial charge on any atom is 0.435 e. The zero-order valence-electron chi connectivity index (χ0n) is 18.9. The van der Waals surface area contributed by atoms with Crippen LogP contribution in [0.15, 0.2) is 77.7 Å². The SMILES string of the molecule is CS(=O)(=O)c1ccccc1-c1ccc(NC(=O)c2cc(C(F)(F)F)nn2-c2ccc(F)c(C#N)c2)cc1. The van der Waals surface area contributed by atoms with E-state index in [9.17, 15) is 30.8 Å². The minimum Gasteiger partial charge on any atom is -0.321 e. The lowest BCUT2D eigenvalue weighted by atomic mass is 10.1. The number of hydrogen-bond acceptors (Lipinski definition) is 5. The first-order chi connectivity index (χ1) is 17.4. The summed E-state index contributed by atoms with van der Waals surface area (Å²) in [5.74, 6) is -1.83. The van der Waals surface area contributed by atoms with Gasteiger partial charge in [0.2, 0.25) is 0 Å². The number of carbonyl (C=O) groups excluding carboxylic acids is 1. The van der Waals surface area contributed by atoms with Crippen molar-refractivity contribution >= 4 is 21.4 Å². The summed E-state index contributed by atoms with van der Waals surface area (Å²) in [7, 11) is -3.51. The first-order valence-electron chi connectivity index (χ1n) is 10.5. The molecule has 0 saturated carbocycles. The number of alkyl halides is 3. The molecular weight excluding hydrogens is 512 g/mol. The zero-order valence-corrected chi connectivity index (χ0v) is 19.7. The van der Waals surface area contributed by atoms with Crippen molar-refractivity contribution in [2.75, 3.05) is 11.6 Å². The minimum atomic E-state index is -4.87. The van der Waals surface area contributed by atoms with E-state index in [2.05, 4.69) is 10.4 Å². The highest BCUT2D eigenvalue weighted by molar-refractivity contribution is 7.90. The largest absolute Gasteiger partial charge is 0.435 e. The van der Waals surface area contributed by atoms with Crippen molar-refractivity contribution in [1.29, 1.82) is 5.26 Å². The van der Waals surface area contributed by atoms with Gasteiger partial charge in [-0.1, -0.05) is 30.3 Å². The molecule has 0 aliphatic heterocycles. The fourth-order valence-electron chi connectivity index (χ4n) is 3.57. The molecule has 0 atom stereocenters. The summed E-state index contributed by atoms with van der Waals surface area (Å²) in [5.41, 5.74) is -1.21. The van der Waals surface area contributed by atoms with Crippen molar-refractivity contribution < 1.29 is 30.8 Å². The molecule has 188 valence electrons. The number of anilines is 1. The van der Waals surface area contributed by atoms with E-state index in [0.29, 0.717) is 21.9 Å². The molecule has 0 fully saturated rings. The highest BCUT2D eigenvalue weighted by Crippen LogP contribution is 2.31. The summed E-state index contributed by atoms with van der Waals surface area (Å²) in [5, 5.41) is 15.0. The summed E-state index contributed by atoms with van der Waals surface area (Å²) >= 11 is 0. The van der Waals surface area contributed by atoms with Crippen molar-refractivity contribution in [3.05, 3.63) is 95.6 Å². The van der Waals surface area contributed by atoms with Crippen molar-refractivity contribution in [3.8, 4) is 22.9 Å². The average molecular weight is 528 g/mol. The second-order valence-corrected chi connectivity index (χ2v) is 9.88. The predicted octanol–water partition coefficient (Wildman–Crippen LogP) is 5.22. The van der Waals surface area contributed by atoms with Crippen LogP contribution in [0.1, 0.15) is 21.7 Å². The van der Waals surface area contributed by atoms with Crippen LogP contribution in [0.2, 0.25) is 0 Å². The Morgan fingerprint density at radius 2 is 1.70 bits per heavy atom. The topological polar surface area (TPSA) is 105 Å². The number of benzene rings is 3. The van der Waals surface area contributed by atoms with Crippen LogP contribution in [0.25, 0.3) is 16.8 Å². The average Bonchev–Trinajstić information content (AvgIpc) is 3.31. The molecule has 12 heteroatoms. The number of halogens is 4. The maximum atomic E-state index is 13.7. The van der Waals surface area contributed by atoms with Gasteiger partial charge in [0.15, 0.2) is 15.5 Å². The molecule has 4 aromatic rings. The van der Waals surface area contributed by atoms with Crippen LogP contribution >= 0.6 is 0 Å². The molecule has 4 rings (SSSR count). The van der Waals surface area contributed by atoms with E-state index in [-0.39, 0.29) is 16.3 Å². The normalized spacial score (nSPS) is 11.7. The van der Waals surface area contributed by atoms with Crippen LogP contribution in [0, 0.1) is 17.1 Å². The third-order valence-corrected chi connectivity index (χ3v) is 6.44. The second-order valence-electron chi connectivity index (χ2n) is 7.90. The Balaban J connectivity index is 1.68. The van der Waals surface area contributed by atoms with Crippen LogP contribution in [0.5, 0.6) is 0 Å². The Hall–Kier alpha value is -4.50. The first kappa shape index (κ1) is 25.6. The van der Waals surface area contributed by atoms with Crippen molar-refractivity contribution in [2.24, 2.45) is 0 Å². The van der Waals surface area contributed by atoms with Crippen molar-refractivity contribution in [3.63, 3.8) is 0 Å². The van der Waals surface area contributed by atoms with Crippen LogP contribution in [0.4, 0.5) is 23.2 Å². The molecule has 1 amide bonds. The smallest absolute Gasteiger partial charge is 0.321 e. The fraction of sp³-hybridized carbons (Fsp3) is 0.0800. The summed E-state index contributed by atoms with van der Waals surface area (Å²) in [6, 6.07) is 17.5. The van der Waals surface area contributed by atoms with E-state index in [1.165, 1.54) is 18.2 Å². The number of nitrogens with zero attached hydrogens (tertiary/aromatic N) is 3. The summed E-state index contributed by atoms with van der Waals surface area (Å²) in [6.45, 7) is 0. The molecule has 1 aromatic heterocycles. The fourth-order valence-corrected chi connectivity index (χ4v) is 4.48. The first-order valence-corrected chi connectivity index (χ1v) is 12.4. The van der Waals surface area contributed by atoms with Gasteiger partial charge in [0.1, 0.15) is 17.6 Å². The number of sulfone groups is 1. The van der Waals surface area contributed by atoms with Crippen LogP contribution in [-0.4, -0.2) is 30.4 Å². The van der Waals surface area contributed by atoms with Crippen LogP contribution < -0.4 is 5.32 Å².